The highest BCUT2D eigenvalue weighted by Crippen LogP contribution is 2.15. The number of nitrogens with zero attached hydrogens (tertiary/aromatic N) is 2. The summed E-state index contributed by atoms with van der Waals surface area (Å²) in [6.45, 7) is 1.96. The van der Waals surface area contributed by atoms with Gasteiger partial charge in [0.25, 0.3) is 0 Å². The van der Waals surface area contributed by atoms with E-state index in [1.54, 1.807) is 24.9 Å². The molecule has 0 aromatic carbocycles. The van der Waals surface area contributed by atoms with Gasteiger partial charge in [0.05, 0.1) is 13.7 Å². The summed E-state index contributed by atoms with van der Waals surface area (Å²) in [6.07, 6.45) is 0. The van der Waals surface area contributed by atoms with Gasteiger partial charge >= 0.3 is 0 Å². The Morgan fingerprint density at radius 2 is 2.46 bits per heavy atom. The first-order chi connectivity index (χ1) is 6.17. The van der Waals surface area contributed by atoms with Gasteiger partial charge in [-0.15, -0.1) is 0 Å². The first-order valence-corrected chi connectivity index (χ1v) is 4.12. The zero-order chi connectivity index (χ0) is 9.84. The molecular formula is C8H15N3O2. The normalized spacial score (nSPS) is 12.6. The summed E-state index contributed by atoms with van der Waals surface area (Å²) in [7, 11) is 3.39. The van der Waals surface area contributed by atoms with Gasteiger partial charge in [0.2, 0.25) is 5.88 Å². The van der Waals surface area contributed by atoms with Crippen LogP contribution >= 0.6 is 0 Å². The Labute approximate surface area is 77.3 Å². The number of anilines is 1. The molecule has 0 bridgehead atoms. The molecule has 0 amide bonds. The maximum absolute atomic E-state index is 8.80. The Bertz CT molecular complexity index is 272. The molecule has 0 spiro atoms. The molecule has 2 N–H and O–H groups in total. The van der Waals surface area contributed by atoms with Crippen molar-refractivity contribution < 1.29 is 9.84 Å². The van der Waals surface area contributed by atoms with Gasteiger partial charge in [-0.25, -0.2) is 4.68 Å². The van der Waals surface area contributed by atoms with Crippen LogP contribution in [-0.4, -0.2) is 34.6 Å². The van der Waals surface area contributed by atoms with E-state index < -0.39 is 0 Å². The predicted molar refractivity (Wildman–Crippen MR) is 49.9 cm³/mol. The average molecular weight is 185 g/mol. The van der Waals surface area contributed by atoms with Gasteiger partial charge in [-0.2, -0.15) is 5.10 Å². The lowest BCUT2D eigenvalue weighted by atomic mass is 10.3. The molecule has 5 heteroatoms. The van der Waals surface area contributed by atoms with Crippen molar-refractivity contribution in [3.05, 3.63) is 6.07 Å². The number of rotatable bonds is 4. The van der Waals surface area contributed by atoms with Gasteiger partial charge in [0.15, 0.2) is 5.82 Å². The van der Waals surface area contributed by atoms with E-state index in [1.807, 2.05) is 6.92 Å². The minimum absolute atomic E-state index is 0.000365. The molecule has 1 aromatic rings. The van der Waals surface area contributed by atoms with Gasteiger partial charge in [0.1, 0.15) is 0 Å². The molecule has 74 valence electrons. The second-order valence-corrected chi connectivity index (χ2v) is 2.92. The van der Waals surface area contributed by atoms with Crippen molar-refractivity contribution in [2.24, 2.45) is 7.05 Å². The molecule has 1 rings (SSSR count). The van der Waals surface area contributed by atoms with Crippen molar-refractivity contribution in [2.45, 2.75) is 13.0 Å². The van der Waals surface area contributed by atoms with Gasteiger partial charge in [-0.1, -0.05) is 0 Å². The lowest BCUT2D eigenvalue weighted by Gasteiger charge is -2.07. The van der Waals surface area contributed by atoms with E-state index in [-0.39, 0.29) is 12.6 Å². The molecule has 13 heavy (non-hydrogen) atoms. The van der Waals surface area contributed by atoms with Crippen molar-refractivity contribution in [2.75, 3.05) is 19.0 Å². The fourth-order valence-electron chi connectivity index (χ4n) is 1.01. The molecule has 0 radical (unpaired) electrons. The number of aliphatic hydroxyl groups is 1. The van der Waals surface area contributed by atoms with Crippen molar-refractivity contribution in [1.82, 2.24) is 9.78 Å². The van der Waals surface area contributed by atoms with Crippen LogP contribution in [0.1, 0.15) is 6.92 Å². The molecule has 0 aliphatic carbocycles. The topological polar surface area (TPSA) is 59.3 Å². The van der Waals surface area contributed by atoms with Crippen LogP contribution in [0.2, 0.25) is 0 Å². The fourth-order valence-corrected chi connectivity index (χ4v) is 1.01. The number of methoxy groups -OCH3 is 1. The van der Waals surface area contributed by atoms with Crippen LogP contribution in [0.15, 0.2) is 6.07 Å². The monoisotopic (exact) mass is 185 g/mol. The summed E-state index contributed by atoms with van der Waals surface area (Å²) in [6, 6.07) is 1.78. The van der Waals surface area contributed by atoms with Crippen LogP contribution < -0.4 is 10.1 Å². The minimum atomic E-state index is -0.000365. The summed E-state index contributed by atoms with van der Waals surface area (Å²) >= 11 is 0. The smallest absolute Gasteiger partial charge is 0.213 e. The molecule has 0 saturated carbocycles. The first-order valence-electron chi connectivity index (χ1n) is 4.12. The van der Waals surface area contributed by atoms with Crippen molar-refractivity contribution in [3.8, 4) is 5.88 Å². The van der Waals surface area contributed by atoms with Crippen molar-refractivity contribution in [3.63, 3.8) is 0 Å². The molecule has 1 unspecified atom stereocenters. The lowest BCUT2D eigenvalue weighted by Crippen LogP contribution is -2.19. The van der Waals surface area contributed by atoms with Crippen LogP contribution in [0.5, 0.6) is 5.88 Å². The number of hydrogen-bond donors (Lipinski definition) is 2. The zero-order valence-corrected chi connectivity index (χ0v) is 8.11. The van der Waals surface area contributed by atoms with Crippen LogP contribution in [-0.2, 0) is 7.05 Å². The van der Waals surface area contributed by atoms with E-state index in [0.717, 1.165) is 0 Å². The molecule has 5 nitrogen and oxygen atoms in total. The molecule has 0 aliphatic heterocycles. The van der Waals surface area contributed by atoms with Gasteiger partial charge in [-0.3, -0.25) is 0 Å². The maximum Gasteiger partial charge on any atom is 0.213 e. The van der Waals surface area contributed by atoms with Crippen LogP contribution in [0.3, 0.4) is 0 Å². The number of aromatic nitrogens is 2. The Hall–Kier alpha value is -1.23. The lowest BCUT2D eigenvalue weighted by molar-refractivity contribution is 0.281. The zero-order valence-electron chi connectivity index (χ0n) is 8.11. The number of hydrogen-bond acceptors (Lipinski definition) is 4. The van der Waals surface area contributed by atoms with Crippen LogP contribution in [0.25, 0.3) is 0 Å². The van der Waals surface area contributed by atoms with E-state index in [1.165, 1.54) is 0 Å². The Kier molecular flexibility index (Phi) is 3.13. The van der Waals surface area contributed by atoms with Gasteiger partial charge in [-0.05, 0) is 6.92 Å². The van der Waals surface area contributed by atoms with E-state index in [4.69, 9.17) is 9.84 Å². The number of ether oxygens (including phenoxy) is 1. The molecule has 0 saturated heterocycles. The quantitative estimate of drug-likeness (QED) is 0.704. The van der Waals surface area contributed by atoms with E-state index in [0.29, 0.717) is 11.7 Å². The number of aliphatic hydroxyl groups excluding tert-OH is 1. The Morgan fingerprint density at radius 3 is 2.92 bits per heavy atom. The average Bonchev–Trinajstić information content (AvgIpc) is 2.46. The molecule has 1 atom stereocenters. The third kappa shape index (κ3) is 2.35. The molecule has 1 aromatic heterocycles. The molecular weight excluding hydrogens is 170 g/mol. The van der Waals surface area contributed by atoms with Crippen molar-refractivity contribution >= 4 is 5.82 Å². The third-order valence-corrected chi connectivity index (χ3v) is 1.71. The SMILES string of the molecule is COc1cc(NC(C)CO)nn1C. The Balaban J connectivity index is 2.67. The fraction of sp³-hybridized carbons (Fsp3) is 0.625. The van der Waals surface area contributed by atoms with Crippen LogP contribution in [0, 0.1) is 0 Å². The second-order valence-electron chi connectivity index (χ2n) is 2.92. The summed E-state index contributed by atoms with van der Waals surface area (Å²) < 4.78 is 6.67. The Morgan fingerprint density at radius 1 is 1.77 bits per heavy atom. The predicted octanol–water partition coefficient (Wildman–Crippen LogP) is 0.221. The van der Waals surface area contributed by atoms with Crippen LogP contribution in [0.4, 0.5) is 5.82 Å². The first kappa shape index (κ1) is 9.85. The molecule has 0 fully saturated rings. The number of nitrogens with one attached hydrogen (secondary N) is 1. The van der Waals surface area contributed by atoms with E-state index in [2.05, 4.69) is 10.4 Å². The number of aryl methyl sites for hydroxylation is 1. The maximum atomic E-state index is 8.80. The summed E-state index contributed by atoms with van der Waals surface area (Å²) in [5, 5.41) is 16.0. The van der Waals surface area contributed by atoms with E-state index in [9.17, 15) is 0 Å². The largest absolute Gasteiger partial charge is 0.481 e. The van der Waals surface area contributed by atoms with Gasteiger partial charge in [0, 0.05) is 19.2 Å². The highest BCUT2D eigenvalue weighted by molar-refractivity contribution is 5.39. The van der Waals surface area contributed by atoms with E-state index >= 15 is 0 Å². The molecule has 0 aliphatic rings. The van der Waals surface area contributed by atoms with Crippen molar-refractivity contribution in [1.29, 1.82) is 0 Å². The molecule has 1 heterocycles. The highest BCUT2D eigenvalue weighted by Gasteiger charge is 2.06. The standard InChI is InChI=1S/C8H15N3O2/c1-6(5-12)9-7-4-8(13-3)11(2)10-7/h4,6,12H,5H2,1-3H3,(H,9,10). The van der Waals surface area contributed by atoms with Gasteiger partial charge < -0.3 is 15.2 Å². The summed E-state index contributed by atoms with van der Waals surface area (Å²) in [5.74, 6) is 1.40. The highest BCUT2D eigenvalue weighted by atomic mass is 16.5. The third-order valence-electron chi connectivity index (χ3n) is 1.71. The summed E-state index contributed by atoms with van der Waals surface area (Å²) in [5.41, 5.74) is 0. The summed E-state index contributed by atoms with van der Waals surface area (Å²) in [4.78, 5) is 0. The second kappa shape index (κ2) is 4.13. The minimum Gasteiger partial charge on any atom is -0.481 e.